The number of fused-ring (bicyclic) bond motifs is 1. The lowest BCUT2D eigenvalue weighted by Crippen LogP contribution is -2.38. The molecule has 1 amide bonds. The summed E-state index contributed by atoms with van der Waals surface area (Å²) in [6.45, 7) is 8.36. The van der Waals surface area contributed by atoms with Gasteiger partial charge in [-0.1, -0.05) is 6.08 Å². The van der Waals surface area contributed by atoms with Crippen LogP contribution in [-0.4, -0.2) is 49.2 Å². The van der Waals surface area contributed by atoms with Crippen LogP contribution in [0.2, 0.25) is 5.28 Å². The molecule has 1 aromatic rings. The Morgan fingerprint density at radius 1 is 1.41 bits per heavy atom. The van der Waals surface area contributed by atoms with Crippen molar-refractivity contribution >= 4 is 29.0 Å². The van der Waals surface area contributed by atoms with Gasteiger partial charge in [-0.3, -0.25) is 4.79 Å². The topological polar surface area (TPSA) is 58.6 Å². The van der Waals surface area contributed by atoms with Crippen molar-refractivity contribution < 1.29 is 9.53 Å². The highest BCUT2D eigenvalue weighted by atomic mass is 35.5. The third-order valence-corrected chi connectivity index (χ3v) is 4.51. The van der Waals surface area contributed by atoms with Gasteiger partial charge in [-0.2, -0.15) is 4.98 Å². The van der Waals surface area contributed by atoms with Crippen molar-refractivity contribution in [1.82, 2.24) is 9.97 Å². The predicted molar refractivity (Wildman–Crippen MR) is 85.7 cm³/mol. The number of likely N-dealkylation sites (N-methyl/N-ethyl adjacent to an activating group) is 1. The number of carbonyl (C=O) groups excluding carboxylic acids is 1. The fraction of sp³-hybridized carbons (Fsp3) is 0.533. The van der Waals surface area contributed by atoms with Gasteiger partial charge in [0.25, 0.3) is 0 Å². The fourth-order valence-electron chi connectivity index (χ4n) is 3.15. The first-order valence-electron chi connectivity index (χ1n) is 7.29. The molecule has 1 unspecified atom stereocenters. The molecule has 1 aromatic heterocycles. The van der Waals surface area contributed by atoms with Crippen LogP contribution in [0, 0.1) is 0 Å². The van der Waals surface area contributed by atoms with Crippen LogP contribution in [0.3, 0.4) is 0 Å². The standard InChI is InChI=1S/C15H19ClN4O2/c1-4-5-15(2)11-10(19(3)13(15)21)12(18-14(16)17-11)20-6-8-22-9-7-20/h4H,1,5-9H2,2-3H3. The van der Waals surface area contributed by atoms with Gasteiger partial charge < -0.3 is 14.5 Å². The van der Waals surface area contributed by atoms with Gasteiger partial charge in [-0.05, 0) is 24.9 Å². The summed E-state index contributed by atoms with van der Waals surface area (Å²) in [4.78, 5) is 25.2. The molecule has 0 saturated carbocycles. The second-order valence-electron chi connectivity index (χ2n) is 5.80. The van der Waals surface area contributed by atoms with Gasteiger partial charge in [-0.15, -0.1) is 6.58 Å². The van der Waals surface area contributed by atoms with E-state index in [1.165, 1.54) is 0 Å². The van der Waals surface area contributed by atoms with Crippen LogP contribution in [0.5, 0.6) is 0 Å². The number of amides is 1. The molecule has 22 heavy (non-hydrogen) atoms. The summed E-state index contributed by atoms with van der Waals surface area (Å²) in [7, 11) is 1.76. The minimum atomic E-state index is -0.737. The Morgan fingerprint density at radius 2 is 2.09 bits per heavy atom. The maximum absolute atomic E-state index is 12.7. The van der Waals surface area contributed by atoms with E-state index in [4.69, 9.17) is 16.3 Å². The first-order chi connectivity index (χ1) is 10.5. The average Bonchev–Trinajstić information content (AvgIpc) is 2.70. The van der Waals surface area contributed by atoms with Gasteiger partial charge in [0.1, 0.15) is 5.69 Å². The highest BCUT2D eigenvalue weighted by Gasteiger charge is 2.49. The number of halogens is 1. The SMILES string of the molecule is C=CCC1(C)C(=O)N(C)c2c(N3CCOCC3)nc(Cl)nc21. The number of nitrogens with zero attached hydrogens (tertiary/aromatic N) is 4. The van der Waals surface area contributed by atoms with Gasteiger partial charge >= 0.3 is 0 Å². The van der Waals surface area contributed by atoms with Crippen molar-refractivity contribution in [2.24, 2.45) is 0 Å². The van der Waals surface area contributed by atoms with Crippen LogP contribution < -0.4 is 9.80 Å². The quantitative estimate of drug-likeness (QED) is 0.627. The van der Waals surface area contributed by atoms with Crippen molar-refractivity contribution in [1.29, 1.82) is 0 Å². The molecule has 0 radical (unpaired) electrons. The fourth-order valence-corrected chi connectivity index (χ4v) is 3.32. The van der Waals surface area contributed by atoms with E-state index in [1.807, 2.05) is 6.92 Å². The lowest BCUT2D eigenvalue weighted by molar-refractivity contribution is -0.122. The molecule has 0 aliphatic carbocycles. The van der Waals surface area contributed by atoms with E-state index in [0.29, 0.717) is 31.1 Å². The summed E-state index contributed by atoms with van der Waals surface area (Å²) in [6.07, 6.45) is 2.25. The molecule has 1 atom stereocenters. The highest BCUT2D eigenvalue weighted by molar-refractivity contribution is 6.28. The number of hydrogen-bond acceptors (Lipinski definition) is 5. The zero-order valence-corrected chi connectivity index (χ0v) is 13.6. The van der Waals surface area contributed by atoms with Crippen LogP contribution in [0.25, 0.3) is 0 Å². The number of morpholine rings is 1. The van der Waals surface area contributed by atoms with Crippen LogP contribution in [0.1, 0.15) is 19.0 Å². The first-order valence-corrected chi connectivity index (χ1v) is 7.66. The Morgan fingerprint density at radius 3 is 2.73 bits per heavy atom. The van der Waals surface area contributed by atoms with Gasteiger partial charge in [0.05, 0.1) is 24.3 Å². The molecule has 0 spiro atoms. The van der Waals surface area contributed by atoms with E-state index in [9.17, 15) is 4.79 Å². The maximum Gasteiger partial charge on any atom is 0.239 e. The van der Waals surface area contributed by atoms with Crippen molar-refractivity contribution in [3.8, 4) is 0 Å². The number of anilines is 2. The largest absolute Gasteiger partial charge is 0.378 e. The van der Waals surface area contributed by atoms with Crippen molar-refractivity contribution in [3.05, 3.63) is 23.6 Å². The Hall–Kier alpha value is -1.66. The molecule has 0 bridgehead atoms. The summed E-state index contributed by atoms with van der Waals surface area (Å²) >= 11 is 6.13. The van der Waals surface area contributed by atoms with E-state index >= 15 is 0 Å². The molecular weight excluding hydrogens is 304 g/mol. The van der Waals surface area contributed by atoms with Crippen molar-refractivity contribution in [3.63, 3.8) is 0 Å². The number of hydrogen-bond donors (Lipinski definition) is 0. The van der Waals surface area contributed by atoms with Gasteiger partial charge in [0.15, 0.2) is 5.82 Å². The van der Waals surface area contributed by atoms with E-state index in [0.717, 1.165) is 18.8 Å². The number of aromatic nitrogens is 2. The molecule has 6 nitrogen and oxygen atoms in total. The summed E-state index contributed by atoms with van der Waals surface area (Å²) in [5.41, 5.74) is 0.696. The molecule has 3 heterocycles. The first kappa shape index (κ1) is 15.2. The number of allylic oxidation sites excluding steroid dienone is 1. The Kier molecular flexibility index (Phi) is 3.82. The van der Waals surface area contributed by atoms with E-state index in [1.54, 1.807) is 18.0 Å². The summed E-state index contributed by atoms with van der Waals surface area (Å²) < 4.78 is 5.39. The lowest BCUT2D eigenvalue weighted by atomic mass is 9.84. The molecule has 1 fully saturated rings. The molecular formula is C15H19ClN4O2. The Bertz CT molecular complexity index is 630. The van der Waals surface area contributed by atoms with E-state index < -0.39 is 5.41 Å². The molecule has 3 rings (SSSR count). The molecule has 2 aliphatic heterocycles. The Balaban J connectivity index is 2.16. The van der Waals surface area contributed by atoms with E-state index in [2.05, 4.69) is 21.4 Å². The zero-order chi connectivity index (χ0) is 15.9. The normalized spacial score (nSPS) is 24.6. The molecule has 118 valence electrons. The summed E-state index contributed by atoms with van der Waals surface area (Å²) in [5.74, 6) is 0.704. The van der Waals surface area contributed by atoms with Crippen LogP contribution in [-0.2, 0) is 14.9 Å². The number of carbonyl (C=O) groups is 1. The lowest BCUT2D eigenvalue weighted by Gasteiger charge is -2.30. The van der Waals surface area contributed by atoms with E-state index in [-0.39, 0.29) is 11.2 Å². The molecule has 0 aromatic carbocycles. The van der Waals surface area contributed by atoms with Gasteiger partial charge in [0.2, 0.25) is 11.2 Å². The van der Waals surface area contributed by atoms with Gasteiger partial charge in [0, 0.05) is 20.1 Å². The molecule has 7 heteroatoms. The molecule has 0 N–H and O–H groups in total. The van der Waals surface area contributed by atoms with Crippen molar-refractivity contribution in [2.75, 3.05) is 43.2 Å². The monoisotopic (exact) mass is 322 g/mol. The van der Waals surface area contributed by atoms with Crippen LogP contribution in [0.15, 0.2) is 12.7 Å². The molecule has 1 saturated heterocycles. The second kappa shape index (κ2) is 5.52. The van der Waals surface area contributed by atoms with Crippen LogP contribution >= 0.6 is 11.6 Å². The van der Waals surface area contributed by atoms with Gasteiger partial charge in [-0.25, -0.2) is 4.98 Å². The van der Waals surface area contributed by atoms with Crippen molar-refractivity contribution in [2.45, 2.75) is 18.8 Å². The summed E-state index contributed by atoms with van der Waals surface area (Å²) in [6, 6.07) is 0. The highest BCUT2D eigenvalue weighted by Crippen LogP contribution is 2.46. The average molecular weight is 323 g/mol. The summed E-state index contributed by atoms with van der Waals surface area (Å²) in [5, 5.41) is 0.165. The third-order valence-electron chi connectivity index (χ3n) is 4.34. The second-order valence-corrected chi connectivity index (χ2v) is 6.14. The minimum absolute atomic E-state index is 0.00604. The molecule has 2 aliphatic rings. The maximum atomic E-state index is 12.7. The smallest absolute Gasteiger partial charge is 0.239 e. The third kappa shape index (κ3) is 2.18. The Labute approximate surface area is 134 Å². The zero-order valence-electron chi connectivity index (χ0n) is 12.8. The number of ether oxygens (including phenoxy) is 1. The predicted octanol–water partition coefficient (Wildman–Crippen LogP) is 1.78. The minimum Gasteiger partial charge on any atom is -0.378 e. The number of rotatable bonds is 3. The van der Waals surface area contributed by atoms with Crippen LogP contribution in [0.4, 0.5) is 11.5 Å².